The maximum absolute atomic E-state index is 12.3. The smallest absolute Gasteiger partial charge is 0.410 e. The molecule has 5 heteroatoms. The van der Waals surface area contributed by atoms with E-state index in [1.807, 2.05) is 62.8 Å². The molecule has 1 aromatic carbocycles. The van der Waals surface area contributed by atoms with Crippen LogP contribution < -0.4 is 0 Å². The fourth-order valence-corrected chi connectivity index (χ4v) is 2.68. The van der Waals surface area contributed by atoms with Crippen LogP contribution in [0.4, 0.5) is 4.79 Å². The first-order valence-electron chi connectivity index (χ1n) is 7.43. The van der Waals surface area contributed by atoms with E-state index in [9.17, 15) is 4.79 Å². The van der Waals surface area contributed by atoms with E-state index in [0.29, 0.717) is 13.1 Å². The van der Waals surface area contributed by atoms with Gasteiger partial charge in [0, 0.05) is 18.2 Å². The van der Waals surface area contributed by atoms with E-state index in [1.165, 1.54) is 0 Å². The van der Waals surface area contributed by atoms with Gasteiger partial charge in [-0.25, -0.2) is 4.79 Å². The van der Waals surface area contributed by atoms with Gasteiger partial charge in [-0.3, -0.25) is 9.58 Å². The van der Waals surface area contributed by atoms with Gasteiger partial charge in [0.2, 0.25) is 0 Å². The van der Waals surface area contributed by atoms with Crippen LogP contribution in [0.5, 0.6) is 0 Å². The minimum absolute atomic E-state index is 0.275. The summed E-state index contributed by atoms with van der Waals surface area (Å²) >= 11 is 0. The van der Waals surface area contributed by atoms with Crippen LogP contribution in [0.3, 0.4) is 0 Å². The van der Waals surface area contributed by atoms with Crippen molar-refractivity contribution in [2.45, 2.75) is 39.5 Å². The average molecular weight is 299 g/mol. The van der Waals surface area contributed by atoms with Crippen molar-refractivity contribution in [1.29, 1.82) is 0 Å². The quantitative estimate of drug-likeness (QED) is 0.811. The molecule has 0 fully saturated rings. The third-order valence-electron chi connectivity index (χ3n) is 3.66. The molecule has 0 atom stereocenters. The summed E-state index contributed by atoms with van der Waals surface area (Å²) in [6, 6.07) is 10.1. The van der Waals surface area contributed by atoms with Crippen molar-refractivity contribution in [3.63, 3.8) is 0 Å². The van der Waals surface area contributed by atoms with Gasteiger partial charge in [0.1, 0.15) is 5.60 Å². The van der Waals surface area contributed by atoms with E-state index < -0.39 is 5.60 Å². The fourth-order valence-electron chi connectivity index (χ4n) is 2.68. The Balaban J connectivity index is 1.87. The van der Waals surface area contributed by atoms with Gasteiger partial charge in [0.25, 0.3) is 0 Å². The molecule has 1 aliphatic heterocycles. The Kier molecular flexibility index (Phi) is 3.43. The predicted octanol–water partition coefficient (Wildman–Crippen LogP) is 3.34. The first kappa shape index (κ1) is 14.6. The number of rotatable bonds is 1. The van der Waals surface area contributed by atoms with Crippen molar-refractivity contribution in [2.24, 2.45) is 7.05 Å². The van der Waals surface area contributed by atoms with Crippen molar-refractivity contribution in [3.05, 3.63) is 41.6 Å². The summed E-state index contributed by atoms with van der Waals surface area (Å²) in [4.78, 5) is 14.0. The van der Waals surface area contributed by atoms with Crippen LogP contribution in [0, 0.1) is 0 Å². The van der Waals surface area contributed by atoms with Crippen LogP contribution in [-0.4, -0.2) is 26.4 Å². The number of benzene rings is 1. The SMILES string of the molecule is Cn1nc(-c2ccccc2)c2c1CN(C(=O)OC(C)(C)C)C2. The van der Waals surface area contributed by atoms with Gasteiger partial charge in [-0.15, -0.1) is 0 Å². The molecule has 3 rings (SSSR count). The first-order valence-corrected chi connectivity index (χ1v) is 7.43. The highest BCUT2D eigenvalue weighted by Gasteiger charge is 2.32. The molecule has 0 spiro atoms. The third kappa shape index (κ3) is 2.71. The molecule has 0 N–H and O–H groups in total. The molecular weight excluding hydrogens is 278 g/mol. The van der Waals surface area contributed by atoms with Gasteiger partial charge in [0.05, 0.1) is 24.5 Å². The number of carbonyl (C=O) groups excluding carboxylic acids is 1. The van der Waals surface area contributed by atoms with Crippen LogP contribution in [0.25, 0.3) is 11.3 Å². The van der Waals surface area contributed by atoms with Crippen LogP contribution >= 0.6 is 0 Å². The number of hydrogen-bond donors (Lipinski definition) is 0. The van der Waals surface area contributed by atoms with E-state index in [0.717, 1.165) is 22.5 Å². The zero-order chi connectivity index (χ0) is 15.9. The number of amides is 1. The number of aryl methyl sites for hydroxylation is 1. The first-order chi connectivity index (χ1) is 10.3. The minimum Gasteiger partial charge on any atom is -0.444 e. The van der Waals surface area contributed by atoms with Crippen LogP contribution in [0.2, 0.25) is 0 Å². The monoisotopic (exact) mass is 299 g/mol. The van der Waals surface area contributed by atoms with E-state index in [4.69, 9.17) is 4.74 Å². The van der Waals surface area contributed by atoms with Gasteiger partial charge in [-0.2, -0.15) is 5.10 Å². The third-order valence-corrected chi connectivity index (χ3v) is 3.66. The largest absolute Gasteiger partial charge is 0.444 e. The molecule has 0 saturated heterocycles. The number of carbonyl (C=O) groups is 1. The van der Waals surface area contributed by atoms with Gasteiger partial charge in [-0.05, 0) is 20.8 Å². The van der Waals surface area contributed by atoms with E-state index in [-0.39, 0.29) is 6.09 Å². The van der Waals surface area contributed by atoms with Crippen molar-refractivity contribution in [2.75, 3.05) is 0 Å². The molecule has 5 nitrogen and oxygen atoms in total. The lowest BCUT2D eigenvalue weighted by Gasteiger charge is -2.24. The van der Waals surface area contributed by atoms with Gasteiger partial charge in [0.15, 0.2) is 0 Å². The van der Waals surface area contributed by atoms with Crippen molar-refractivity contribution in [3.8, 4) is 11.3 Å². The van der Waals surface area contributed by atoms with E-state index in [2.05, 4.69) is 5.10 Å². The second-order valence-electron chi connectivity index (χ2n) is 6.60. The molecule has 0 radical (unpaired) electrons. The zero-order valence-electron chi connectivity index (χ0n) is 13.5. The predicted molar refractivity (Wildman–Crippen MR) is 84.1 cm³/mol. The molecule has 2 heterocycles. The Morgan fingerprint density at radius 1 is 1.18 bits per heavy atom. The number of fused-ring (bicyclic) bond motifs is 1. The summed E-state index contributed by atoms with van der Waals surface area (Å²) in [6.07, 6.45) is -0.275. The summed E-state index contributed by atoms with van der Waals surface area (Å²) in [5, 5.41) is 4.61. The van der Waals surface area contributed by atoms with Crippen molar-refractivity contribution < 1.29 is 9.53 Å². The maximum atomic E-state index is 12.3. The maximum Gasteiger partial charge on any atom is 0.410 e. The molecule has 0 bridgehead atoms. The Hall–Kier alpha value is -2.30. The molecule has 0 unspecified atom stereocenters. The van der Waals surface area contributed by atoms with Crippen molar-refractivity contribution in [1.82, 2.24) is 14.7 Å². The summed E-state index contributed by atoms with van der Waals surface area (Å²) in [5.74, 6) is 0. The normalized spacial score (nSPS) is 14.1. The molecule has 1 aromatic heterocycles. The minimum atomic E-state index is -0.480. The average Bonchev–Trinajstić information content (AvgIpc) is 2.99. The number of aromatic nitrogens is 2. The Morgan fingerprint density at radius 2 is 1.86 bits per heavy atom. The van der Waals surface area contributed by atoms with Crippen LogP contribution in [0.15, 0.2) is 30.3 Å². The standard InChI is InChI=1S/C17H21N3O2/c1-17(2,3)22-16(21)20-10-13-14(11-20)19(4)18-15(13)12-8-6-5-7-9-12/h5-9H,10-11H2,1-4H3. The molecule has 2 aromatic rings. The molecule has 22 heavy (non-hydrogen) atoms. The molecule has 0 saturated carbocycles. The van der Waals surface area contributed by atoms with E-state index >= 15 is 0 Å². The van der Waals surface area contributed by atoms with Crippen LogP contribution in [0.1, 0.15) is 32.0 Å². The summed E-state index contributed by atoms with van der Waals surface area (Å²) in [7, 11) is 1.92. The molecule has 1 aliphatic rings. The highest BCUT2D eigenvalue weighted by molar-refractivity contribution is 5.72. The Bertz CT molecular complexity index is 699. The fraction of sp³-hybridized carbons (Fsp3) is 0.412. The highest BCUT2D eigenvalue weighted by atomic mass is 16.6. The summed E-state index contributed by atoms with van der Waals surface area (Å²) in [5.41, 5.74) is 3.73. The van der Waals surface area contributed by atoms with Crippen LogP contribution in [-0.2, 0) is 24.9 Å². The molecule has 0 aliphatic carbocycles. The topological polar surface area (TPSA) is 47.4 Å². The number of nitrogens with zero attached hydrogens (tertiary/aromatic N) is 3. The summed E-state index contributed by atoms with van der Waals surface area (Å²) < 4.78 is 7.33. The highest BCUT2D eigenvalue weighted by Crippen LogP contribution is 2.32. The molecular formula is C17H21N3O2. The van der Waals surface area contributed by atoms with Crippen molar-refractivity contribution >= 4 is 6.09 Å². The van der Waals surface area contributed by atoms with Gasteiger partial charge >= 0.3 is 6.09 Å². The number of hydrogen-bond acceptors (Lipinski definition) is 3. The molecule has 1 amide bonds. The van der Waals surface area contributed by atoms with Gasteiger partial charge in [-0.1, -0.05) is 30.3 Å². The lowest BCUT2D eigenvalue weighted by atomic mass is 10.1. The zero-order valence-corrected chi connectivity index (χ0v) is 13.5. The Morgan fingerprint density at radius 3 is 2.50 bits per heavy atom. The lowest BCUT2D eigenvalue weighted by molar-refractivity contribution is 0.0239. The molecule has 116 valence electrons. The van der Waals surface area contributed by atoms with E-state index in [1.54, 1.807) is 4.90 Å². The van der Waals surface area contributed by atoms with Gasteiger partial charge < -0.3 is 4.74 Å². The number of ether oxygens (including phenoxy) is 1. The Labute approximate surface area is 130 Å². The second kappa shape index (κ2) is 5.16. The second-order valence-corrected chi connectivity index (χ2v) is 6.60. The summed E-state index contributed by atoms with van der Waals surface area (Å²) in [6.45, 7) is 6.73. The lowest BCUT2D eigenvalue weighted by Crippen LogP contribution is -2.33.